The lowest BCUT2D eigenvalue weighted by Gasteiger charge is -2.00. The van der Waals surface area contributed by atoms with Gasteiger partial charge in [0.15, 0.2) is 0 Å². The summed E-state index contributed by atoms with van der Waals surface area (Å²) in [6, 6.07) is 21.8. The van der Waals surface area contributed by atoms with Gasteiger partial charge in [-0.2, -0.15) is 0 Å². The van der Waals surface area contributed by atoms with Gasteiger partial charge in [-0.15, -0.1) is 10.2 Å². The second-order valence-corrected chi connectivity index (χ2v) is 5.73. The van der Waals surface area contributed by atoms with E-state index < -0.39 is 0 Å². The van der Waals surface area contributed by atoms with Gasteiger partial charge in [-0.25, -0.2) is 0 Å². The van der Waals surface area contributed by atoms with Crippen LogP contribution in [0.25, 0.3) is 34.4 Å². The Morgan fingerprint density at radius 3 is 2.50 bits per heavy atom. The Bertz CT molecular complexity index is 1030. The van der Waals surface area contributed by atoms with Gasteiger partial charge in [0.2, 0.25) is 11.8 Å². The highest BCUT2D eigenvalue weighted by Crippen LogP contribution is 2.27. The first-order valence-corrected chi connectivity index (χ1v) is 7.93. The van der Waals surface area contributed by atoms with E-state index in [9.17, 15) is 0 Å². The molecule has 116 valence electrons. The van der Waals surface area contributed by atoms with Gasteiger partial charge < -0.3 is 4.42 Å². The van der Waals surface area contributed by atoms with E-state index in [-0.39, 0.29) is 0 Å². The maximum absolute atomic E-state index is 6.16. The van der Waals surface area contributed by atoms with Crippen LogP contribution < -0.4 is 0 Å². The second kappa shape index (κ2) is 6.30. The molecule has 3 aromatic carbocycles. The number of rotatable bonds is 3. The van der Waals surface area contributed by atoms with Crippen molar-refractivity contribution in [3.8, 4) is 11.5 Å². The molecule has 0 spiro atoms. The van der Waals surface area contributed by atoms with Crippen molar-refractivity contribution in [3.05, 3.63) is 83.2 Å². The largest absolute Gasteiger partial charge is 0.417 e. The normalized spacial score (nSPS) is 11.4. The summed E-state index contributed by atoms with van der Waals surface area (Å²) in [6.45, 7) is 0. The molecule has 0 radical (unpaired) electrons. The number of nitrogens with zero attached hydrogens (tertiary/aromatic N) is 2. The van der Waals surface area contributed by atoms with Gasteiger partial charge in [0, 0.05) is 6.08 Å². The van der Waals surface area contributed by atoms with E-state index in [0.29, 0.717) is 16.8 Å². The first-order chi connectivity index (χ1) is 11.8. The molecule has 1 aromatic heterocycles. The summed E-state index contributed by atoms with van der Waals surface area (Å²) in [5, 5.41) is 11.1. The predicted molar refractivity (Wildman–Crippen MR) is 97.6 cm³/mol. The first-order valence-electron chi connectivity index (χ1n) is 7.55. The van der Waals surface area contributed by atoms with Gasteiger partial charge in [-0.3, -0.25) is 0 Å². The molecule has 0 bridgehead atoms. The molecule has 0 aliphatic rings. The van der Waals surface area contributed by atoms with Crippen LogP contribution in [0.2, 0.25) is 5.02 Å². The van der Waals surface area contributed by atoms with E-state index in [2.05, 4.69) is 34.5 Å². The zero-order valence-corrected chi connectivity index (χ0v) is 13.4. The minimum absolute atomic E-state index is 0.415. The smallest absolute Gasteiger partial charge is 0.249 e. The molecule has 1 heterocycles. The molecule has 4 rings (SSSR count). The van der Waals surface area contributed by atoms with E-state index >= 15 is 0 Å². The molecule has 3 nitrogen and oxygen atoms in total. The summed E-state index contributed by atoms with van der Waals surface area (Å²) < 4.78 is 5.69. The number of aromatic nitrogens is 2. The van der Waals surface area contributed by atoms with Crippen molar-refractivity contribution in [1.29, 1.82) is 0 Å². The lowest BCUT2D eigenvalue weighted by Crippen LogP contribution is -1.78. The van der Waals surface area contributed by atoms with Crippen molar-refractivity contribution in [3.63, 3.8) is 0 Å². The van der Waals surface area contributed by atoms with Gasteiger partial charge in [0.25, 0.3) is 0 Å². The van der Waals surface area contributed by atoms with Crippen molar-refractivity contribution in [2.75, 3.05) is 0 Å². The molecule has 0 atom stereocenters. The Labute approximate surface area is 144 Å². The van der Waals surface area contributed by atoms with Crippen LogP contribution in [0.15, 0.2) is 71.1 Å². The zero-order valence-electron chi connectivity index (χ0n) is 12.7. The molecule has 4 heteroatoms. The highest BCUT2D eigenvalue weighted by Gasteiger charge is 2.09. The molecule has 0 fully saturated rings. The maximum atomic E-state index is 6.16. The molecule has 0 aliphatic heterocycles. The number of hydrogen-bond donors (Lipinski definition) is 0. The molecular formula is C20H13ClN2O. The molecule has 0 amide bonds. The third-order valence-electron chi connectivity index (χ3n) is 3.77. The molecular weight excluding hydrogens is 320 g/mol. The summed E-state index contributed by atoms with van der Waals surface area (Å²) in [7, 11) is 0. The molecule has 24 heavy (non-hydrogen) atoms. The van der Waals surface area contributed by atoms with Crippen LogP contribution in [-0.2, 0) is 0 Å². The Hall–Kier alpha value is -2.91. The summed E-state index contributed by atoms with van der Waals surface area (Å²) in [4.78, 5) is 0. The Kier molecular flexibility index (Phi) is 3.85. The fraction of sp³-hybridized carbons (Fsp3) is 0. The van der Waals surface area contributed by atoms with Gasteiger partial charge in [-0.05, 0) is 34.5 Å². The summed E-state index contributed by atoms with van der Waals surface area (Å²) >= 11 is 6.16. The van der Waals surface area contributed by atoms with E-state index in [4.69, 9.17) is 16.0 Å². The number of benzene rings is 3. The van der Waals surface area contributed by atoms with Crippen LogP contribution >= 0.6 is 11.6 Å². The third kappa shape index (κ3) is 2.82. The maximum Gasteiger partial charge on any atom is 0.249 e. The van der Waals surface area contributed by atoms with Gasteiger partial charge in [0.05, 0.1) is 10.6 Å². The average Bonchev–Trinajstić information content (AvgIpc) is 3.09. The van der Waals surface area contributed by atoms with Crippen LogP contribution in [-0.4, -0.2) is 10.2 Å². The van der Waals surface area contributed by atoms with Crippen LogP contribution in [0.1, 0.15) is 11.5 Å². The van der Waals surface area contributed by atoms with E-state index in [1.54, 1.807) is 6.07 Å². The number of hydrogen-bond acceptors (Lipinski definition) is 3. The second-order valence-electron chi connectivity index (χ2n) is 5.33. The van der Waals surface area contributed by atoms with Crippen LogP contribution in [0.3, 0.4) is 0 Å². The zero-order chi connectivity index (χ0) is 16.4. The van der Waals surface area contributed by atoms with Crippen molar-refractivity contribution in [1.82, 2.24) is 10.2 Å². The Morgan fingerprint density at radius 2 is 1.58 bits per heavy atom. The lowest BCUT2D eigenvalue weighted by molar-refractivity contribution is 0.558. The predicted octanol–water partition coefficient (Wildman–Crippen LogP) is 5.71. The topological polar surface area (TPSA) is 38.9 Å². The third-order valence-corrected chi connectivity index (χ3v) is 4.10. The van der Waals surface area contributed by atoms with Gasteiger partial charge >= 0.3 is 0 Å². The molecule has 0 saturated heterocycles. The van der Waals surface area contributed by atoms with Crippen molar-refractivity contribution in [2.45, 2.75) is 0 Å². The van der Waals surface area contributed by atoms with Crippen LogP contribution in [0, 0.1) is 0 Å². The average molecular weight is 333 g/mol. The standard InChI is InChI=1S/C20H13ClN2O/c21-18-11-4-3-10-17(18)20-23-22-19(24-20)13-12-15-8-5-7-14-6-1-2-9-16(14)15/h1-13H/b13-12-. The number of halogens is 1. The molecule has 4 aromatic rings. The Balaban J connectivity index is 1.66. The fourth-order valence-electron chi connectivity index (χ4n) is 2.60. The van der Waals surface area contributed by atoms with Crippen molar-refractivity contribution >= 4 is 34.5 Å². The highest BCUT2D eigenvalue weighted by atomic mass is 35.5. The highest BCUT2D eigenvalue weighted by molar-refractivity contribution is 6.33. The minimum atomic E-state index is 0.415. The van der Waals surface area contributed by atoms with Crippen molar-refractivity contribution < 1.29 is 4.42 Å². The Morgan fingerprint density at radius 1 is 0.792 bits per heavy atom. The molecule has 0 aliphatic carbocycles. The monoisotopic (exact) mass is 332 g/mol. The van der Waals surface area contributed by atoms with E-state index in [1.165, 1.54) is 10.8 Å². The SMILES string of the molecule is Clc1ccccc1-c1nnc(/C=C\c2cccc3ccccc23)o1. The van der Waals surface area contributed by atoms with Crippen molar-refractivity contribution in [2.24, 2.45) is 0 Å². The quantitative estimate of drug-likeness (QED) is 0.482. The fourth-order valence-corrected chi connectivity index (χ4v) is 2.82. The molecule has 0 unspecified atom stereocenters. The van der Waals surface area contributed by atoms with Crippen LogP contribution in [0.5, 0.6) is 0 Å². The minimum Gasteiger partial charge on any atom is -0.417 e. The number of fused-ring (bicyclic) bond motifs is 1. The van der Waals surface area contributed by atoms with Gasteiger partial charge in [-0.1, -0.05) is 66.2 Å². The lowest BCUT2D eigenvalue weighted by atomic mass is 10.0. The molecule has 0 N–H and O–H groups in total. The van der Waals surface area contributed by atoms with Gasteiger partial charge in [0.1, 0.15) is 0 Å². The summed E-state index contributed by atoms with van der Waals surface area (Å²) in [6.07, 6.45) is 3.79. The summed E-state index contributed by atoms with van der Waals surface area (Å²) in [5.41, 5.74) is 1.84. The first kappa shape index (κ1) is 14.7. The van der Waals surface area contributed by atoms with E-state index in [0.717, 1.165) is 11.1 Å². The summed E-state index contributed by atoms with van der Waals surface area (Å²) in [5.74, 6) is 0.857. The van der Waals surface area contributed by atoms with E-state index in [1.807, 2.05) is 48.6 Å². The molecule has 0 saturated carbocycles. The van der Waals surface area contributed by atoms with Crippen LogP contribution in [0.4, 0.5) is 0 Å².